The Morgan fingerprint density at radius 3 is 2.40 bits per heavy atom. The minimum Gasteiger partial charge on any atom is -0.368 e. The molecular formula is C18H19FN4O2. The standard InChI is InChI=1S/C18H19FN4O2/c1-13(24)21-17-12-14(6-7-20-17)18(25)23-10-8-22(9-11-23)16-4-2-15(19)3-5-16/h2-7,12H,8-11H2,1H3,(H,20,21,24). The number of anilines is 2. The maximum atomic E-state index is 13.0. The molecule has 0 saturated carbocycles. The molecule has 1 saturated heterocycles. The predicted molar refractivity (Wildman–Crippen MR) is 93.1 cm³/mol. The maximum absolute atomic E-state index is 13.0. The first kappa shape index (κ1) is 16.9. The molecule has 2 amide bonds. The molecule has 1 aromatic heterocycles. The molecule has 3 rings (SSSR count). The van der Waals surface area contributed by atoms with Gasteiger partial charge in [0.05, 0.1) is 0 Å². The van der Waals surface area contributed by atoms with Gasteiger partial charge in [0.1, 0.15) is 11.6 Å². The highest BCUT2D eigenvalue weighted by Gasteiger charge is 2.22. The molecule has 0 radical (unpaired) electrons. The summed E-state index contributed by atoms with van der Waals surface area (Å²) in [5.41, 5.74) is 1.44. The summed E-state index contributed by atoms with van der Waals surface area (Å²) in [5, 5.41) is 2.58. The summed E-state index contributed by atoms with van der Waals surface area (Å²) in [5.74, 6) is -0.216. The number of nitrogens with zero attached hydrogens (tertiary/aromatic N) is 3. The fourth-order valence-electron chi connectivity index (χ4n) is 2.81. The van der Waals surface area contributed by atoms with Crippen molar-refractivity contribution in [2.24, 2.45) is 0 Å². The highest BCUT2D eigenvalue weighted by molar-refractivity contribution is 5.96. The van der Waals surface area contributed by atoms with Crippen molar-refractivity contribution in [2.45, 2.75) is 6.92 Å². The van der Waals surface area contributed by atoms with E-state index < -0.39 is 0 Å². The largest absolute Gasteiger partial charge is 0.368 e. The lowest BCUT2D eigenvalue weighted by Gasteiger charge is -2.36. The summed E-state index contributed by atoms with van der Waals surface area (Å²) in [6, 6.07) is 9.58. The number of amides is 2. The number of rotatable bonds is 3. The molecule has 130 valence electrons. The van der Waals surface area contributed by atoms with Gasteiger partial charge < -0.3 is 15.1 Å². The molecule has 1 N–H and O–H groups in total. The van der Waals surface area contributed by atoms with Gasteiger partial charge >= 0.3 is 0 Å². The van der Waals surface area contributed by atoms with E-state index in [1.54, 1.807) is 29.2 Å². The van der Waals surface area contributed by atoms with Crippen molar-refractivity contribution in [1.82, 2.24) is 9.88 Å². The molecule has 0 spiro atoms. The van der Waals surface area contributed by atoms with Gasteiger partial charge in [-0.15, -0.1) is 0 Å². The molecule has 0 unspecified atom stereocenters. The van der Waals surface area contributed by atoms with E-state index in [0.29, 0.717) is 37.6 Å². The molecule has 0 aliphatic carbocycles. The topological polar surface area (TPSA) is 65.5 Å². The number of benzene rings is 1. The Hall–Kier alpha value is -2.96. The molecule has 0 atom stereocenters. The number of aromatic nitrogens is 1. The lowest BCUT2D eigenvalue weighted by atomic mass is 10.2. The third-order valence-electron chi connectivity index (χ3n) is 4.07. The zero-order valence-electron chi connectivity index (χ0n) is 13.9. The zero-order chi connectivity index (χ0) is 17.8. The molecule has 1 fully saturated rings. The van der Waals surface area contributed by atoms with Gasteiger partial charge in [-0.3, -0.25) is 9.59 Å². The van der Waals surface area contributed by atoms with E-state index in [1.165, 1.54) is 25.3 Å². The van der Waals surface area contributed by atoms with Gasteiger partial charge in [0, 0.05) is 50.6 Å². The molecule has 2 aromatic rings. The molecule has 0 bridgehead atoms. The molecule has 7 heteroatoms. The number of hydrogen-bond acceptors (Lipinski definition) is 4. The van der Waals surface area contributed by atoms with Crippen molar-refractivity contribution in [1.29, 1.82) is 0 Å². The van der Waals surface area contributed by atoms with Crippen LogP contribution in [0, 0.1) is 5.82 Å². The van der Waals surface area contributed by atoms with Crippen LogP contribution in [0.4, 0.5) is 15.9 Å². The van der Waals surface area contributed by atoms with Crippen LogP contribution >= 0.6 is 0 Å². The van der Waals surface area contributed by atoms with Crippen LogP contribution in [-0.2, 0) is 4.79 Å². The van der Waals surface area contributed by atoms with Crippen LogP contribution in [0.2, 0.25) is 0 Å². The van der Waals surface area contributed by atoms with E-state index in [1.807, 2.05) is 0 Å². The van der Waals surface area contributed by atoms with Crippen LogP contribution in [-0.4, -0.2) is 47.9 Å². The van der Waals surface area contributed by atoms with Crippen molar-refractivity contribution < 1.29 is 14.0 Å². The Kier molecular flexibility index (Phi) is 4.92. The van der Waals surface area contributed by atoms with E-state index in [-0.39, 0.29) is 17.6 Å². The van der Waals surface area contributed by atoms with Crippen molar-refractivity contribution >= 4 is 23.3 Å². The number of carbonyl (C=O) groups is 2. The maximum Gasteiger partial charge on any atom is 0.254 e. The van der Waals surface area contributed by atoms with E-state index in [4.69, 9.17) is 0 Å². The zero-order valence-corrected chi connectivity index (χ0v) is 13.9. The smallest absolute Gasteiger partial charge is 0.254 e. The van der Waals surface area contributed by atoms with Gasteiger partial charge in [-0.25, -0.2) is 9.37 Å². The molecule has 25 heavy (non-hydrogen) atoms. The van der Waals surface area contributed by atoms with Crippen LogP contribution in [0.1, 0.15) is 17.3 Å². The molecular weight excluding hydrogens is 323 g/mol. The first-order valence-corrected chi connectivity index (χ1v) is 8.06. The third kappa shape index (κ3) is 4.12. The number of piperazine rings is 1. The fourth-order valence-corrected chi connectivity index (χ4v) is 2.81. The number of pyridine rings is 1. The average molecular weight is 342 g/mol. The lowest BCUT2D eigenvalue weighted by Crippen LogP contribution is -2.48. The van der Waals surface area contributed by atoms with Gasteiger partial charge in [0.15, 0.2) is 0 Å². The Labute approximate surface area is 145 Å². The predicted octanol–water partition coefficient (Wildman–Crippen LogP) is 2.14. The average Bonchev–Trinajstić information content (AvgIpc) is 2.62. The van der Waals surface area contributed by atoms with Gasteiger partial charge in [-0.2, -0.15) is 0 Å². The summed E-state index contributed by atoms with van der Waals surface area (Å²) in [4.78, 5) is 31.7. The second-order valence-electron chi connectivity index (χ2n) is 5.87. The molecule has 1 aliphatic heterocycles. The SMILES string of the molecule is CC(=O)Nc1cc(C(=O)N2CCN(c3ccc(F)cc3)CC2)ccn1. The van der Waals surface area contributed by atoms with E-state index >= 15 is 0 Å². The Balaban J connectivity index is 1.63. The minimum absolute atomic E-state index is 0.0900. The van der Waals surface area contributed by atoms with Gasteiger partial charge in [0.2, 0.25) is 5.91 Å². The molecule has 1 aliphatic rings. The first-order valence-electron chi connectivity index (χ1n) is 8.06. The molecule has 6 nitrogen and oxygen atoms in total. The van der Waals surface area contributed by atoms with Gasteiger partial charge in [-0.1, -0.05) is 0 Å². The fraction of sp³-hybridized carbons (Fsp3) is 0.278. The quantitative estimate of drug-likeness (QED) is 0.928. The summed E-state index contributed by atoms with van der Waals surface area (Å²) in [6.07, 6.45) is 1.51. The van der Waals surface area contributed by atoms with Gasteiger partial charge in [-0.05, 0) is 36.4 Å². The molecule has 2 heterocycles. The number of hydrogen-bond donors (Lipinski definition) is 1. The minimum atomic E-state index is -0.259. The van der Waals surface area contributed by atoms with Crippen LogP contribution in [0.3, 0.4) is 0 Å². The van der Waals surface area contributed by atoms with E-state index in [0.717, 1.165) is 5.69 Å². The van der Waals surface area contributed by atoms with Crippen LogP contribution in [0.5, 0.6) is 0 Å². The van der Waals surface area contributed by atoms with Gasteiger partial charge in [0.25, 0.3) is 5.91 Å². The van der Waals surface area contributed by atoms with E-state index in [9.17, 15) is 14.0 Å². The number of halogens is 1. The normalized spacial score (nSPS) is 14.3. The first-order chi connectivity index (χ1) is 12.0. The Bertz CT molecular complexity index is 771. The Morgan fingerprint density at radius 2 is 1.76 bits per heavy atom. The van der Waals surface area contributed by atoms with Crippen molar-refractivity contribution in [3.05, 3.63) is 54.0 Å². The third-order valence-corrected chi connectivity index (χ3v) is 4.07. The van der Waals surface area contributed by atoms with Crippen LogP contribution in [0.25, 0.3) is 0 Å². The van der Waals surface area contributed by atoms with Crippen molar-refractivity contribution in [2.75, 3.05) is 36.4 Å². The van der Waals surface area contributed by atoms with Crippen molar-refractivity contribution in [3.63, 3.8) is 0 Å². The van der Waals surface area contributed by atoms with E-state index in [2.05, 4.69) is 15.2 Å². The van der Waals surface area contributed by atoms with Crippen LogP contribution in [0.15, 0.2) is 42.6 Å². The second-order valence-corrected chi connectivity index (χ2v) is 5.87. The number of carbonyl (C=O) groups excluding carboxylic acids is 2. The second kappa shape index (κ2) is 7.29. The van der Waals surface area contributed by atoms with Crippen LogP contribution < -0.4 is 10.2 Å². The lowest BCUT2D eigenvalue weighted by molar-refractivity contribution is -0.114. The Morgan fingerprint density at radius 1 is 1.08 bits per heavy atom. The summed E-state index contributed by atoms with van der Waals surface area (Å²) >= 11 is 0. The summed E-state index contributed by atoms with van der Waals surface area (Å²) < 4.78 is 13.0. The summed E-state index contributed by atoms with van der Waals surface area (Å²) in [7, 11) is 0. The number of nitrogens with one attached hydrogen (secondary N) is 1. The summed E-state index contributed by atoms with van der Waals surface area (Å²) in [6.45, 7) is 3.91. The van der Waals surface area contributed by atoms with Crippen molar-refractivity contribution in [3.8, 4) is 0 Å². The monoisotopic (exact) mass is 342 g/mol. The molecule has 1 aromatic carbocycles. The highest BCUT2D eigenvalue weighted by atomic mass is 19.1. The highest BCUT2D eigenvalue weighted by Crippen LogP contribution is 2.18.